The quantitative estimate of drug-likeness (QED) is 0.784. The highest BCUT2D eigenvalue weighted by Crippen LogP contribution is 2.30. The maximum absolute atomic E-state index is 14.4. The predicted octanol–water partition coefficient (Wildman–Crippen LogP) is 3.47. The number of alkyl halides is 1. The number of carboxylic acid groups (broad SMARTS) is 1. The molecule has 1 fully saturated rings. The molecule has 0 aromatic heterocycles. The highest BCUT2D eigenvalue weighted by molar-refractivity contribution is 5.65. The fourth-order valence-electron chi connectivity index (χ4n) is 2.61. The summed E-state index contributed by atoms with van der Waals surface area (Å²) in [6.07, 6.45) is 1.21. The number of carbonyl (C=O) groups is 1. The first kappa shape index (κ1) is 15.8. The summed E-state index contributed by atoms with van der Waals surface area (Å²) in [6, 6.07) is 9.93. The van der Waals surface area contributed by atoms with Crippen molar-refractivity contribution in [1.82, 2.24) is 4.90 Å². The average Bonchev–Trinajstić information content (AvgIpc) is 2.87. The van der Waals surface area contributed by atoms with Gasteiger partial charge in [-0.1, -0.05) is 30.3 Å². The number of hydrogen-bond acceptors (Lipinski definition) is 2. The molecule has 0 spiro atoms. The van der Waals surface area contributed by atoms with Crippen LogP contribution in [0.25, 0.3) is 0 Å². The van der Waals surface area contributed by atoms with Gasteiger partial charge in [-0.3, -0.25) is 0 Å². The Morgan fingerprint density at radius 3 is 2.76 bits per heavy atom. The number of halogens is 1. The van der Waals surface area contributed by atoms with E-state index in [1.54, 1.807) is 0 Å². The fraction of sp³-hybridized carbons (Fsp3) is 0.562. The van der Waals surface area contributed by atoms with Crippen molar-refractivity contribution in [2.24, 2.45) is 0 Å². The van der Waals surface area contributed by atoms with Crippen molar-refractivity contribution < 1.29 is 19.0 Å². The van der Waals surface area contributed by atoms with Gasteiger partial charge in [-0.2, -0.15) is 0 Å². The SMILES string of the molecule is O=C(O)N1CCC(F)(CCCCOCc2ccccc2)C1. The highest BCUT2D eigenvalue weighted by atomic mass is 19.1. The van der Waals surface area contributed by atoms with Gasteiger partial charge in [-0.15, -0.1) is 0 Å². The normalized spacial score (nSPS) is 21.7. The molecule has 1 N–H and O–H groups in total. The number of nitrogens with zero attached hydrogens (tertiary/aromatic N) is 1. The third-order valence-corrected chi connectivity index (χ3v) is 3.85. The van der Waals surface area contributed by atoms with Crippen LogP contribution in [0.3, 0.4) is 0 Å². The summed E-state index contributed by atoms with van der Waals surface area (Å²) in [7, 11) is 0. The first-order valence-electron chi connectivity index (χ1n) is 7.38. The lowest BCUT2D eigenvalue weighted by Crippen LogP contribution is -2.32. The molecule has 5 heteroatoms. The van der Waals surface area contributed by atoms with E-state index in [1.807, 2.05) is 30.3 Å². The number of rotatable bonds is 7. The maximum atomic E-state index is 14.4. The molecule has 0 aliphatic carbocycles. The third-order valence-electron chi connectivity index (χ3n) is 3.85. The van der Waals surface area contributed by atoms with Crippen LogP contribution in [0.4, 0.5) is 9.18 Å². The number of hydrogen-bond donors (Lipinski definition) is 1. The van der Waals surface area contributed by atoms with E-state index in [-0.39, 0.29) is 6.54 Å². The molecule has 0 radical (unpaired) electrons. The van der Waals surface area contributed by atoms with E-state index in [4.69, 9.17) is 9.84 Å². The summed E-state index contributed by atoms with van der Waals surface area (Å²) in [4.78, 5) is 11.9. The molecule has 0 bridgehead atoms. The van der Waals surface area contributed by atoms with Crippen molar-refractivity contribution in [2.45, 2.75) is 38.0 Å². The molecular weight excluding hydrogens is 273 g/mol. The molecule has 1 atom stereocenters. The van der Waals surface area contributed by atoms with Crippen molar-refractivity contribution >= 4 is 6.09 Å². The molecule has 4 nitrogen and oxygen atoms in total. The number of unbranched alkanes of at least 4 members (excludes halogenated alkanes) is 1. The van der Waals surface area contributed by atoms with Crippen molar-refractivity contribution in [3.63, 3.8) is 0 Å². The van der Waals surface area contributed by atoms with Crippen molar-refractivity contribution in [2.75, 3.05) is 19.7 Å². The third kappa shape index (κ3) is 5.01. The van der Waals surface area contributed by atoms with Gasteiger partial charge < -0.3 is 14.7 Å². The smallest absolute Gasteiger partial charge is 0.407 e. The van der Waals surface area contributed by atoms with Gasteiger partial charge in [0.1, 0.15) is 5.67 Å². The Bertz CT molecular complexity index is 454. The Balaban J connectivity index is 1.57. The number of benzene rings is 1. The minimum absolute atomic E-state index is 0.00715. The average molecular weight is 295 g/mol. The number of amides is 1. The van der Waals surface area contributed by atoms with Crippen LogP contribution < -0.4 is 0 Å². The Morgan fingerprint density at radius 2 is 2.10 bits per heavy atom. The van der Waals surface area contributed by atoms with Gasteiger partial charge >= 0.3 is 6.09 Å². The molecule has 1 amide bonds. The Morgan fingerprint density at radius 1 is 1.33 bits per heavy atom. The van der Waals surface area contributed by atoms with E-state index in [2.05, 4.69) is 0 Å². The highest BCUT2D eigenvalue weighted by Gasteiger charge is 2.39. The van der Waals surface area contributed by atoms with Crippen molar-refractivity contribution in [1.29, 1.82) is 0 Å². The molecule has 1 saturated heterocycles. The molecule has 0 saturated carbocycles. The van der Waals surface area contributed by atoms with E-state index >= 15 is 0 Å². The van der Waals surface area contributed by atoms with Gasteiger partial charge in [-0.05, 0) is 24.8 Å². The summed E-state index contributed by atoms with van der Waals surface area (Å²) in [5.74, 6) is 0. The molecule has 1 aliphatic heterocycles. The minimum atomic E-state index is -1.35. The number of likely N-dealkylation sites (tertiary alicyclic amines) is 1. The van der Waals surface area contributed by atoms with E-state index in [0.29, 0.717) is 32.6 Å². The monoisotopic (exact) mass is 295 g/mol. The molecule has 21 heavy (non-hydrogen) atoms. The van der Waals surface area contributed by atoms with Crippen molar-refractivity contribution in [3.05, 3.63) is 35.9 Å². The van der Waals surface area contributed by atoms with Crippen LogP contribution in [-0.2, 0) is 11.3 Å². The van der Waals surface area contributed by atoms with E-state index in [1.165, 1.54) is 0 Å². The summed E-state index contributed by atoms with van der Waals surface area (Å²) >= 11 is 0. The Kier molecular flexibility index (Phi) is 5.56. The predicted molar refractivity (Wildman–Crippen MR) is 78.0 cm³/mol. The Hall–Kier alpha value is -1.62. The van der Waals surface area contributed by atoms with Crippen LogP contribution in [0, 0.1) is 0 Å². The summed E-state index contributed by atoms with van der Waals surface area (Å²) in [5.41, 5.74) is -0.218. The van der Waals surface area contributed by atoms with Gasteiger partial charge in [0, 0.05) is 19.6 Å². The molecule has 116 valence electrons. The Labute approximate surface area is 124 Å². The van der Waals surface area contributed by atoms with Gasteiger partial charge in [0.15, 0.2) is 0 Å². The van der Waals surface area contributed by atoms with Crippen molar-refractivity contribution in [3.8, 4) is 0 Å². The second kappa shape index (κ2) is 7.41. The second-order valence-corrected chi connectivity index (χ2v) is 5.60. The van der Waals surface area contributed by atoms with Gasteiger partial charge in [0.25, 0.3) is 0 Å². The van der Waals surface area contributed by atoms with Crippen LogP contribution in [0.2, 0.25) is 0 Å². The first-order chi connectivity index (χ1) is 10.1. The van der Waals surface area contributed by atoms with Crippen LogP contribution in [0.5, 0.6) is 0 Å². The molecule has 1 heterocycles. The second-order valence-electron chi connectivity index (χ2n) is 5.60. The molecule has 1 aromatic carbocycles. The lowest BCUT2D eigenvalue weighted by Gasteiger charge is -2.19. The number of ether oxygens (including phenoxy) is 1. The van der Waals surface area contributed by atoms with Gasteiger partial charge in [0.05, 0.1) is 13.2 Å². The topological polar surface area (TPSA) is 49.8 Å². The summed E-state index contributed by atoms with van der Waals surface area (Å²) in [6.45, 7) is 1.49. The zero-order valence-corrected chi connectivity index (χ0v) is 12.1. The zero-order chi connectivity index (χ0) is 15.1. The lowest BCUT2D eigenvalue weighted by molar-refractivity contribution is 0.104. The molecule has 1 aliphatic rings. The van der Waals surface area contributed by atoms with Gasteiger partial charge in [-0.25, -0.2) is 9.18 Å². The van der Waals surface area contributed by atoms with E-state index < -0.39 is 11.8 Å². The maximum Gasteiger partial charge on any atom is 0.407 e. The standard InChI is InChI=1S/C16H22FNO3/c17-16(9-10-18(13-16)15(19)20)8-4-5-11-21-12-14-6-2-1-3-7-14/h1-3,6-7H,4-5,8-13H2,(H,19,20). The molecule has 2 rings (SSSR count). The van der Waals surface area contributed by atoms with Crippen LogP contribution >= 0.6 is 0 Å². The molecule has 1 unspecified atom stereocenters. The summed E-state index contributed by atoms with van der Waals surface area (Å²) < 4.78 is 19.9. The first-order valence-corrected chi connectivity index (χ1v) is 7.38. The van der Waals surface area contributed by atoms with Gasteiger partial charge in [0.2, 0.25) is 0 Å². The largest absolute Gasteiger partial charge is 0.465 e. The molecular formula is C16H22FNO3. The van der Waals surface area contributed by atoms with Crippen LogP contribution in [0.1, 0.15) is 31.2 Å². The van der Waals surface area contributed by atoms with Crippen LogP contribution in [-0.4, -0.2) is 41.5 Å². The summed E-state index contributed by atoms with van der Waals surface area (Å²) in [5, 5.41) is 8.83. The molecule has 1 aromatic rings. The minimum Gasteiger partial charge on any atom is -0.465 e. The van der Waals surface area contributed by atoms with E-state index in [9.17, 15) is 9.18 Å². The zero-order valence-electron chi connectivity index (χ0n) is 12.1. The van der Waals surface area contributed by atoms with Crippen LogP contribution in [0.15, 0.2) is 30.3 Å². The van der Waals surface area contributed by atoms with E-state index in [0.717, 1.165) is 23.3 Å². The fourth-order valence-corrected chi connectivity index (χ4v) is 2.61. The lowest BCUT2D eigenvalue weighted by atomic mass is 9.98.